The second-order valence-corrected chi connectivity index (χ2v) is 7.56. The fourth-order valence-corrected chi connectivity index (χ4v) is 4.49. The summed E-state index contributed by atoms with van der Waals surface area (Å²) in [4.78, 5) is 24.0. The molecule has 1 aliphatic carbocycles. The summed E-state index contributed by atoms with van der Waals surface area (Å²) in [6, 6.07) is 5.87. The highest BCUT2D eigenvalue weighted by Crippen LogP contribution is 2.39. The van der Waals surface area contributed by atoms with Gasteiger partial charge in [0.15, 0.2) is 0 Å². The minimum atomic E-state index is -0.584. The van der Waals surface area contributed by atoms with Crippen LogP contribution in [0, 0.1) is 27.4 Å². The highest BCUT2D eigenvalue weighted by Gasteiger charge is 2.25. The van der Waals surface area contributed by atoms with Crippen LogP contribution in [0.2, 0.25) is 5.02 Å². The number of amides is 1. The molecule has 0 aliphatic heterocycles. The molecule has 1 N–H and O–H groups in total. The monoisotopic (exact) mass is 375 g/mol. The number of non-ortho nitro benzene ring substituents is 1. The van der Waals surface area contributed by atoms with Crippen LogP contribution in [0.5, 0.6) is 0 Å². The second-order valence-electron chi connectivity index (χ2n) is 6.04. The average Bonchev–Trinajstić information content (AvgIpc) is 2.90. The third-order valence-corrected chi connectivity index (χ3v) is 5.76. The Labute approximate surface area is 153 Å². The summed E-state index contributed by atoms with van der Waals surface area (Å²) in [5.74, 6) is -0.00990. The Morgan fingerprint density at radius 3 is 2.96 bits per heavy atom. The molecule has 0 unspecified atom stereocenters. The summed E-state index contributed by atoms with van der Waals surface area (Å²) in [6.07, 6.45) is 2.73. The van der Waals surface area contributed by atoms with Crippen molar-refractivity contribution >= 4 is 39.5 Å². The molecule has 0 saturated heterocycles. The molecule has 0 fully saturated rings. The lowest BCUT2D eigenvalue weighted by Gasteiger charge is -2.17. The molecule has 1 aromatic heterocycles. The zero-order valence-electron chi connectivity index (χ0n) is 13.3. The summed E-state index contributed by atoms with van der Waals surface area (Å²) < 4.78 is 0. The van der Waals surface area contributed by atoms with Crippen molar-refractivity contribution in [3.63, 3.8) is 0 Å². The van der Waals surface area contributed by atoms with Crippen molar-refractivity contribution in [1.82, 2.24) is 0 Å². The van der Waals surface area contributed by atoms with E-state index in [1.165, 1.54) is 23.5 Å². The van der Waals surface area contributed by atoms with Crippen LogP contribution >= 0.6 is 22.9 Å². The maximum absolute atomic E-state index is 12.5. The third kappa shape index (κ3) is 3.36. The minimum Gasteiger partial charge on any atom is -0.312 e. The summed E-state index contributed by atoms with van der Waals surface area (Å²) in [5.41, 5.74) is 1.29. The van der Waals surface area contributed by atoms with Crippen LogP contribution in [0.15, 0.2) is 18.2 Å². The van der Waals surface area contributed by atoms with E-state index in [0.717, 1.165) is 35.8 Å². The summed E-state index contributed by atoms with van der Waals surface area (Å²) in [7, 11) is 0. The first-order valence-electron chi connectivity index (χ1n) is 7.70. The van der Waals surface area contributed by atoms with E-state index >= 15 is 0 Å². The Balaban J connectivity index is 1.93. The SMILES string of the molecule is C[C@@H]1CCc2c(sc(NC(=O)c3cc([N+](=O)[O-])ccc3Cl)c2C#N)C1. The molecule has 0 radical (unpaired) electrons. The van der Waals surface area contributed by atoms with E-state index in [4.69, 9.17) is 11.6 Å². The van der Waals surface area contributed by atoms with Gasteiger partial charge in [0.05, 0.1) is 21.1 Å². The molecule has 0 spiro atoms. The number of nitriles is 1. The van der Waals surface area contributed by atoms with Crippen LogP contribution in [0.25, 0.3) is 0 Å². The maximum Gasteiger partial charge on any atom is 0.270 e. The molecule has 0 bridgehead atoms. The highest BCUT2D eigenvalue weighted by atomic mass is 35.5. The maximum atomic E-state index is 12.5. The number of halogens is 1. The first-order valence-corrected chi connectivity index (χ1v) is 8.90. The van der Waals surface area contributed by atoms with E-state index in [0.29, 0.717) is 16.5 Å². The Morgan fingerprint density at radius 1 is 1.52 bits per heavy atom. The predicted molar refractivity (Wildman–Crippen MR) is 96.3 cm³/mol. The van der Waals surface area contributed by atoms with Gasteiger partial charge in [-0.2, -0.15) is 5.26 Å². The van der Waals surface area contributed by atoms with Gasteiger partial charge >= 0.3 is 0 Å². The largest absolute Gasteiger partial charge is 0.312 e. The van der Waals surface area contributed by atoms with E-state index < -0.39 is 10.8 Å². The minimum absolute atomic E-state index is 0.0134. The Kier molecular flexibility index (Phi) is 4.75. The first kappa shape index (κ1) is 17.4. The molecule has 0 saturated carbocycles. The van der Waals surface area contributed by atoms with Crippen molar-refractivity contribution in [3.05, 3.63) is 54.9 Å². The van der Waals surface area contributed by atoms with E-state index in [1.807, 2.05) is 0 Å². The predicted octanol–water partition coefficient (Wildman–Crippen LogP) is 4.56. The molecule has 1 amide bonds. The Morgan fingerprint density at radius 2 is 2.28 bits per heavy atom. The van der Waals surface area contributed by atoms with Gasteiger partial charge in [-0.3, -0.25) is 14.9 Å². The number of carbonyl (C=O) groups is 1. The summed E-state index contributed by atoms with van der Waals surface area (Å²) in [6.45, 7) is 2.16. The molecule has 1 aromatic carbocycles. The van der Waals surface area contributed by atoms with Crippen molar-refractivity contribution < 1.29 is 9.72 Å². The van der Waals surface area contributed by atoms with E-state index in [2.05, 4.69) is 18.3 Å². The lowest BCUT2D eigenvalue weighted by molar-refractivity contribution is -0.384. The third-order valence-electron chi connectivity index (χ3n) is 4.26. The second kappa shape index (κ2) is 6.82. The highest BCUT2D eigenvalue weighted by molar-refractivity contribution is 7.16. The number of nitro benzene ring substituents is 1. The lowest BCUT2D eigenvalue weighted by Crippen LogP contribution is -2.13. The molecule has 1 aliphatic rings. The lowest BCUT2D eigenvalue weighted by atomic mass is 9.88. The molecule has 8 heteroatoms. The Hall–Kier alpha value is -2.43. The number of nitrogens with zero attached hydrogens (tertiary/aromatic N) is 2. The molecule has 2 aromatic rings. The molecular formula is C17H14ClN3O3S. The fraction of sp³-hybridized carbons (Fsp3) is 0.294. The van der Waals surface area contributed by atoms with Gasteiger partial charge in [0, 0.05) is 17.0 Å². The topological polar surface area (TPSA) is 96.0 Å². The standard InChI is InChI=1S/C17H14ClN3O3S/c1-9-2-4-11-13(8-19)17(25-15(11)6-9)20-16(22)12-7-10(21(23)24)3-5-14(12)18/h3,5,7,9H,2,4,6H2,1H3,(H,20,22)/t9-/m1/s1. The van der Waals surface area contributed by atoms with E-state index in [9.17, 15) is 20.2 Å². The number of anilines is 1. The van der Waals surface area contributed by atoms with Gasteiger partial charge in [0.2, 0.25) is 0 Å². The molecule has 6 nitrogen and oxygen atoms in total. The zero-order chi connectivity index (χ0) is 18.1. The Bertz CT molecular complexity index is 917. The fourth-order valence-electron chi connectivity index (χ4n) is 2.93. The van der Waals surface area contributed by atoms with Crippen molar-refractivity contribution in [2.24, 2.45) is 5.92 Å². The van der Waals surface area contributed by atoms with Gasteiger partial charge in [-0.25, -0.2) is 0 Å². The van der Waals surface area contributed by atoms with Crippen molar-refractivity contribution in [2.75, 3.05) is 5.32 Å². The number of hydrogen-bond donors (Lipinski definition) is 1. The van der Waals surface area contributed by atoms with Crippen molar-refractivity contribution in [1.29, 1.82) is 5.26 Å². The van der Waals surface area contributed by atoms with Crippen molar-refractivity contribution in [2.45, 2.75) is 26.2 Å². The van der Waals surface area contributed by atoms with Crippen LogP contribution < -0.4 is 5.32 Å². The number of hydrogen-bond acceptors (Lipinski definition) is 5. The average molecular weight is 376 g/mol. The van der Waals surface area contributed by atoms with Crippen LogP contribution in [0.3, 0.4) is 0 Å². The van der Waals surface area contributed by atoms with Gasteiger partial charge in [-0.05, 0) is 36.8 Å². The molecule has 25 heavy (non-hydrogen) atoms. The smallest absolute Gasteiger partial charge is 0.270 e. The van der Waals surface area contributed by atoms with Crippen LogP contribution in [-0.4, -0.2) is 10.8 Å². The first-order chi connectivity index (χ1) is 11.9. The van der Waals surface area contributed by atoms with Gasteiger partial charge < -0.3 is 5.32 Å². The number of benzene rings is 1. The van der Waals surface area contributed by atoms with Crippen LogP contribution in [0.4, 0.5) is 10.7 Å². The molecular weight excluding hydrogens is 362 g/mol. The quantitative estimate of drug-likeness (QED) is 0.628. The number of fused-ring (bicyclic) bond motifs is 1. The van der Waals surface area contributed by atoms with E-state index in [1.54, 1.807) is 0 Å². The van der Waals surface area contributed by atoms with Gasteiger partial charge in [0.25, 0.3) is 11.6 Å². The van der Waals surface area contributed by atoms with Gasteiger partial charge in [-0.1, -0.05) is 18.5 Å². The van der Waals surface area contributed by atoms with Crippen LogP contribution in [-0.2, 0) is 12.8 Å². The summed E-state index contributed by atoms with van der Waals surface area (Å²) >= 11 is 7.41. The van der Waals surface area contributed by atoms with Crippen molar-refractivity contribution in [3.8, 4) is 6.07 Å². The van der Waals surface area contributed by atoms with E-state index in [-0.39, 0.29) is 16.3 Å². The molecule has 128 valence electrons. The number of nitro groups is 1. The number of thiophene rings is 1. The number of carbonyl (C=O) groups excluding carboxylic acids is 1. The number of nitrogens with one attached hydrogen (secondary N) is 1. The van der Waals surface area contributed by atoms with Gasteiger partial charge in [0.1, 0.15) is 11.1 Å². The zero-order valence-corrected chi connectivity index (χ0v) is 14.9. The van der Waals surface area contributed by atoms with Gasteiger partial charge in [-0.15, -0.1) is 11.3 Å². The normalized spacial score (nSPS) is 16.0. The molecule has 1 atom stereocenters. The number of rotatable bonds is 3. The molecule has 3 rings (SSSR count). The summed E-state index contributed by atoms with van der Waals surface area (Å²) in [5, 5.41) is 23.7. The molecule has 1 heterocycles. The van der Waals surface area contributed by atoms with Crippen LogP contribution in [0.1, 0.15) is 39.7 Å².